The lowest BCUT2D eigenvalue weighted by Gasteiger charge is -2.34. The fraction of sp³-hybridized carbons (Fsp3) is 0.700. The molecular formula is C20H30O8. The summed E-state index contributed by atoms with van der Waals surface area (Å²) in [7, 11) is 0. The van der Waals surface area contributed by atoms with E-state index in [1.54, 1.807) is 13.0 Å². The largest absolute Gasteiger partial charge is 0.481 e. The molecule has 0 amide bonds. The Kier molecular flexibility index (Phi) is 9.15. The first-order valence-corrected chi connectivity index (χ1v) is 9.74. The van der Waals surface area contributed by atoms with Crippen LogP contribution in [-0.2, 0) is 23.9 Å². The van der Waals surface area contributed by atoms with Crippen molar-refractivity contribution in [3.05, 3.63) is 11.6 Å². The molecule has 158 valence electrons. The number of carbonyl (C=O) groups excluding carboxylic acids is 1. The summed E-state index contributed by atoms with van der Waals surface area (Å²) >= 11 is 0. The van der Waals surface area contributed by atoms with E-state index in [0.29, 0.717) is 24.8 Å². The van der Waals surface area contributed by atoms with Crippen LogP contribution in [0.3, 0.4) is 0 Å². The van der Waals surface area contributed by atoms with Crippen LogP contribution < -0.4 is 0 Å². The molecule has 0 aromatic rings. The van der Waals surface area contributed by atoms with Gasteiger partial charge in [-0.2, -0.15) is 0 Å². The van der Waals surface area contributed by atoms with Gasteiger partial charge in [0, 0.05) is 0 Å². The van der Waals surface area contributed by atoms with E-state index in [2.05, 4.69) is 0 Å². The molecule has 5 atom stereocenters. The molecule has 1 rings (SSSR count). The van der Waals surface area contributed by atoms with Gasteiger partial charge in [-0.25, -0.2) is 0 Å². The second kappa shape index (κ2) is 10.8. The van der Waals surface area contributed by atoms with Crippen molar-refractivity contribution < 1.29 is 39.2 Å². The van der Waals surface area contributed by atoms with Crippen LogP contribution in [0.2, 0.25) is 0 Å². The highest BCUT2D eigenvalue weighted by Gasteiger charge is 2.44. The molecule has 0 heterocycles. The second-order valence-corrected chi connectivity index (χ2v) is 7.22. The lowest BCUT2D eigenvalue weighted by molar-refractivity contribution is -0.161. The van der Waals surface area contributed by atoms with Crippen molar-refractivity contribution >= 4 is 23.9 Å². The van der Waals surface area contributed by atoms with Crippen LogP contribution in [0.15, 0.2) is 11.6 Å². The number of hydrogen-bond donors (Lipinski definition) is 3. The van der Waals surface area contributed by atoms with Crippen molar-refractivity contribution in [3.8, 4) is 0 Å². The van der Waals surface area contributed by atoms with Crippen LogP contribution in [0.5, 0.6) is 0 Å². The zero-order chi connectivity index (χ0) is 21.4. The molecule has 0 aromatic carbocycles. The monoisotopic (exact) mass is 398 g/mol. The molecule has 0 fully saturated rings. The number of hydrogen-bond acceptors (Lipinski definition) is 5. The van der Waals surface area contributed by atoms with Crippen molar-refractivity contribution in [2.24, 2.45) is 23.7 Å². The van der Waals surface area contributed by atoms with Gasteiger partial charge in [-0.1, -0.05) is 38.8 Å². The van der Waals surface area contributed by atoms with Crippen LogP contribution >= 0.6 is 0 Å². The quantitative estimate of drug-likeness (QED) is 0.357. The highest BCUT2D eigenvalue weighted by molar-refractivity contribution is 5.84. The van der Waals surface area contributed by atoms with E-state index in [4.69, 9.17) is 4.74 Å². The van der Waals surface area contributed by atoms with Crippen LogP contribution in [-0.4, -0.2) is 45.3 Å². The Morgan fingerprint density at radius 2 is 1.75 bits per heavy atom. The number of esters is 1. The summed E-state index contributed by atoms with van der Waals surface area (Å²) in [6, 6.07) is 0. The van der Waals surface area contributed by atoms with E-state index >= 15 is 0 Å². The van der Waals surface area contributed by atoms with Gasteiger partial charge in [0.05, 0.1) is 24.2 Å². The van der Waals surface area contributed by atoms with Crippen LogP contribution in [0.1, 0.15) is 59.3 Å². The number of carbonyl (C=O) groups is 4. The summed E-state index contributed by atoms with van der Waals surface area (Å²) in [6.45, 7) is 5.53. The minimum Gasteiger partial charge on any atom is -0.481 e. The van der Waals surface area contributed by atoms with Crippen molar-refractivity contribution in [2.75, 3.05) is 0 Å². The lowest BCUT2D eigenvalue weighted by Crippen LogP contribution is -2.40. The van der Waals surface area contributed by atoms with E-state index in [1.165, 1.54) is 0 Å². The fourth-order valence-corrected chi connectivity index (χ4v) is 3.84. The van der Waals surface area contributed by atoms with E-state index in [1.807, 2.05) is 13.8 Å². The number of ether oxygens (including phenoxy) is 1. The van der Waals surface area contributed by atoms with Gasteiger partial charge in [0.15, 0.2) is 0 Å². The van der Waals surface area contributed by atoms with Gasteiger partial charge in [0.2, 0.25) is 0 Å². The first-order valence-electron chi connectivity index (χ1n) is 9.74. The molecule has 0 spiro atoms. The zero-order valence-electron chi connectivity index (χ0n) is 16.6. The summed E-state index contributed by atoms with van der Waals surface area (Å²) in [6.07, 6.45) is 3.00. The molecule has 0 bridgehead atoms. The standard InChI is InChI=1S/C20H30O8/c1-4-7-13(6-3)28-20(27)14(10-16(21)22)12-8-11(5-2)17(19(25)26)15(9-12)18(23)24/h8,12-15,17H,4-7,9-10H2,1-3H3,(H,21,22)(H,23,24)(H,25,26). The maximum absolute atomic E-state index is 12.7. The van der Waals surface area contributed by atoms with Gasteiger partial charge in [-0.05, 0) is 31.6 Å². The van der Waals surface area contributed by atoms with E-state index in [0.717, 1.165) is 6.42 Å². The molecule has 0 radical (unpaired) electrons. The Morgan fingerprint density at radius 3 is 2.18 bits per heavy atom. The number of aliphatic carboxylic acids is 3. The van der Waals surface area contributed by atoms with Crippen LogP contribution in [0.4, 0.5) is 0 Å². The Hall–Kier alpha value is -2.38. The van der Waals surface area contributed by atoms with Crippen molar-refractivity contribution in [2.45, 2.75) is 65.4 Å². The SMILES string of the molecule is CCCC(CC)OC(=O)C(CC(=O)O)C1C=C(CC)C(C(=O)O)C(C(=O)O)C1. The Balaban J connectivity index is 3.23. The summed E-state index contributed by atoms with van der Waals surface area (Å²) in [5, 5.41) is 28.2. The summed E-state index contributed by atoms with van der Waals surface area (Å²) in [5.41, 5.74) is 0.403. The molecular weight excluding hydrogens is 368 g/mol. The van der Waals surface area contributed by atoms with Gasteiger partial charge in [-0.3, -0.25) is 19.2 Å². The topological polar surface area (TPSA) is 138 Å². The van der Waals surface area contributed by atoms with Crippen molar-refractivity contribution in [1.82, 2.24) is 0 Å². The predicted octanol–water partition coefficient (Wildman–Crippen LogP) is 2.96. The number of carboxylic acid groups (broad SMARTS) is 3. The molecule has 1 aliphatic carbocycles. The average Bonchev–Trinajstić information content (AvgIpc) is 2.63. The van der Waals surface area contributed by atoms with Crippen LogP contribution in [0.25, 0.3) is 0 Å². The maximum Gasteiger partial charge on any atom is 0.311 e. The van der Waals surface area contributed by atoms with Crippen molar-refractivity contribution in [3.63, 3.8) is 0 Å². The minimum atomic E-state index is -1.27. The zero-order valence-corrected chi connectivity index (χ0v) is 16.6. The third-order valence-electron chi connectivity index (χ3n) is 5.31. The van der Waals surface area contributed by atoms with Gasteiger partial charge in [0.1, 0.15) is 6.10 Å². The molecule has 0 aromatic heterocycles. The predicted molar refractivity (Wildman–Crippen MR) is 99.6 cm³/mol. The van der Waals surface area contributed by atoms with E-state index in [9.17, 15) is 34.5 Å². The maximum atomic E-state index is 12.7. The summed E-state index contributed by atoms with van der Waals surface area (Å²) in [5.74, 6) is -8.51. The Labute approximate surface area is 164 Å². The first kappa shape index (κ1) is 23.7. The second-order valence-electron chi connectivity index (χ2n) is 7.22. The number of allylic oxidation sites excluding steroid dienone is 1. The summed E-state index contributed by atoms with van der Waals surface area (Å²) in [4.78, 5) is 47.3. The Bertz CT molecular complexity index is 624. The molecule has 8 heteroatoms. The number of carboxylic acids is 3. The molecule has 28 heavy (non-hydrogen) atoms. The molecule has 1 aliphatic rings. The van der Waals surface area contributed by atoms with Crippen molar-refractivity contribution in [1.29, 1.82) is 0 Å². The lowest BCUT2D eigenvalue weighted by atomic mass is 9.69. The smallest absolute Gasteiger partial charge is 0.311 e. The third-order valence-corrected chi connectivity index (χ3v) is 5.31. The van der Waals surface area contributed by atoms with Gasteiger partial charge >= 0.3 is 23.9 Å². The van der Waals surface area contributed by atoms with Gasteiger partial charge < -0.3 is 20.1 Å². The highest BCUT2D eigenvalue weighted by atomic mass is 16.5. The fourth-order valence-electron chi connectivity index (χ4n) is 3.84. The molecule has 8 nitrogen and oxygen atoms in total. The molecule has 0 aliphatic heterocycles. The van der Waals surface area contributed by atoms with Gasteiger partial charge in [0.25, 0.3) is 0 Å². The molecule has 0 saturated carbocycles. The normalized spacial score (nSPS) is 24.0. The third kappa shape index (κ3) is 6.07. The highest BCUT2D eigenvalue weighted by Crippen LogP contribution is 2.40. The van der Waals surface area contributed by atoms with E-state index < -0.39 is 54.0 Å². The average molecular weight is 398 g/mol. The summed E-state index contributed by atoms with van der Waals surface area (Å²) < 4.78 is 5.50. The first-order chi connectivity index (χ1) is 13.2. The molecule has 0 saturated heterocycles. The molecule has 5 unspecified atom stereocenters. The Morgan fingerprint density at radius 1 is 1.11 bits per heavy atom. The number of rotatable bonds is 11. The van der Waals surface area contributed by atoms with Crippen LogP contribution in [0, 0.1) is 23.7 Å². The molecule has 3 N–H and O–H groups in total. The minimum absolute atomic E-state index is 0.118. The van der Waals surface area contributed by atoms with Gasteiger partial charge in [-0.15, -0.1) is 0 Å². The van der Waals surface area contributed by atoms with E-state index in [-0.39, 0.29) is 12.5 Å².